The average molecular weight is 494 g/mol. The van der Waals surface area contributed by atoms with E-state index in [2.05, 4.69) is 0 Å². The molecule has 0 amide bonds. The van der Waals surface area contributed by atoms with Crippen LogP contribution in [0.2, 0.25) is 0 Å². The lowest BCUT2D eigenvalue weighted by Crippen LogP contribution is -2.19. The first-order chi connectivity index (χ1) is 17.5. The number of carbonyl (C=O) groups excluding carboxylic acids is 3. The number of ether oxygens (including phenoxy) is 5. The summed E-state index contributed by atoms with van der Waals surface area (Å²) >= 11 is 0. The molecule has 9 heteroatoms. The van der Waals surface area contributed by atoms with E-state index < -0.39 is 18.4 Å². The van der Waals surface area contributed by atoms with Crippen molar-refractivity contribution in [1.29, 1.82) is 0 Å². The zero-order chi connectivity index (χ0) is 25.9. The number of aromatic nitrogens is 1. The number of benzene rings is 2. The van der Waals surface area contributed by atoms with Gasteiger partial charge in [0.05, 0.1) is 25.3 Å². The highest BCUT2D eigenvalue weighted by atomic mass is 16.7. The normalized spacial score (nSPS) is 11.4. The van der Waals surface area contributed by atoms with Crippen LogP contribution in [0.15, 0.2) is 66.4 Å². The Hall–Kier alpha value is -4.53. The van der Waals surface area contributed by atoms with Crippen molar-refractivity contribution in [3.05, 3.63) is 77.6 Å². The van der Waals surface area contributed by atoms with Gasteiger partial charge in [0.25, 0.3) is 0 Å². The lowest BCUT2D eigenvalue weighted by atomic mass is 10.1. The van der Waals surface area contributed by atoms with Gasteiger partial charge in [-0.25, -0.2) is 19.0 Å². The van der Waals surface area contributed by atoms with Crippen molar-refractivity contribution in [1.82, 2.24) is 4.57 Å². The lowest BCUT2D eigenvalue weighted by molar-refractivity contribution is 0.0845. The molecular weight excluding hydrogens is 466 g/mol. The van der Waals surface area contributed by atoms with E-state index in [0.29, 0.717) is 16.5 Å². The molecule has 9 nitrogen and oxygen atoms in total. The van der Waals surface area contributed by atoms with Crippen LogP contribution in [-0.2, 0) is 18.9 Å². The number of hydrogen-bond donors (Lipinski definition) is 0. The Morgan fingerprint density at radius 3 is 2.14 bits per heavy atom. The zero-order valence-electron chi connectivity index (χ0n) is 20.3. The number of fused-ring (bicyclic) bond motifs is 1. The molecule has 0 radical (unpaired) electrons. The maximum atomic E-state index is 12.9. The first kappa shape index (κ1) is 26.1. The fourth-order valence-corrected chi connectivity index (χ4v) is 3.32. The average Bonchev–Trinajstić information content (AvgIpc) is 3.16. The molecule has 3 rings (SSSR count). The Kier molecular flexibility index (Phi) is 9.27. The number of nitrogens with zero attached hydrogens (tertiary/aromatic N) is 1. The Labute approximate surface area is 208 Å². The van der Waals surface area contributed by atoms with E-state index in [1.165, 1.54) is 6.08 Å². The van der Waals surface area contributed by atoms with Crippen LogP contribution in [-0.4, -0.2) is 42.8 Å². The highest BCUT2D eigenvalue weighted by Crippen LogP contribution is 2.35. The van der Waals surface area contributed by atoms with E-state index in [4.69, 9.17) is 23.7 Å². The van der Waals surface area contributed by atoms with Gasteiger partial charge in [-0.05, 0) is 44.6 Å². The largest absolute Gasteiger partial charge is 0.515 e. The molecule has 0 fully saturated rings. The van der Waals surface area contributed by atoms with Gasteiger partial charge in [0.15, 0.2) is 0 Å². The number of para-hydroxylation sites is 1. The van der Waals surface area contributed by atoms with E-state index in [9.17, 15) is 14.4 Å². The van der Waals surface area contributed by atoms with E-state index in [0.717, 1.165) is 10.1 Å². The quantitative estimate of drug-likeness (QED) is 0.154. The first-order valence-electron chi connectivity index (χ1n) is 11.4. The molecule has 1 heterocycles. The van der Waals surface area contributed by atoms with Crippen LogP contribution in [0.1, 0.15) is 31.9 Å². The topological polar surface area (TPSA) is 102 Å². The van der Waals surface area contributed by atoms with Crippen LogP contribution >= 0.6 is 0 Å². The van der Waals surface area contributed by atoms with Crippen LogP contribution < -0.4 is 4.74 Å². The standard InChI is InChI=1S/C27H27NO8/c1-4-32-25(29)28-23-15-11-10-14-21(23)22(24(28)36-27(31)34-6-3)18-20(35-26(30)33-5-2)17-16-19-12-8-7-9-13-19/h7-18H,4-6H2,1-3H3/b17-16+,20-18-. The molecule has 0 atom stereocenters. The van der Waals surface area contributed by atoms with Gasteiger partial charge in [0.2, 0.25) is 5.88 Å². The number of hydrogen-bond acceptors (Lipinski definition) is 8. The van der Waals surface area contributed by atoms with Gasteiger partial charge in [-0.15, -0.1) is 0 Å². The molecule has 36 heavy (non-hydrogen) atoms. The molecule has 0 unspecified atom stereocenters. The van der Waals surface area contributed by atoms with Crippen molar-refractivity contribution in [3.63, 3.8) is 0 Å². The summed E-state index contributed by atoms with van der Waals surface area (Å²) in [5.41, 5.74) is 1.57. The Bertz CT molecular complexity index is 1270. The second-order valence-corrected chi connectivity index (χ2v) is 7.13. The van der Waals surface area contributed by atoms with Gasteiger partial charge in [0.1, 0.15) is 5.76 Å². The molecule has 0 aliphatic heterocycles. The Balaban J connectivity index is 2.21. The second-order valence-electron chi connectivity index (χ2n) is 7.13. The Morgan fingerprint density at radius 1 is 0.806 bits per heavy atom. The lowest BCUT2D eigenvalue weighted by Gasteiger charge is -2.10. The van der Waals surface area contributed by atoms with Gasteiger partial charge in [-0.2, -0.15) is 0 Å². The molecular formula is C27H27NO8. The summed E-state index contributed by atoms with van der Waals surface area (Å²) in [5.74, 6) is -0.0658. The van der Waals surface area contributed by atoms with Gasteiger partial charge >= 0.3 is 18.4 Å². The van der Waals surface area contributed by atoms with Gasteiger partial charge in [-0.3, -0.25) is 0 Å². The summed E-state index contributed by atoms with van der Waals surface area (Å²) in [6.07, 6.45) is 2.11. The monoisotopic (exact) mass is 493 g/mol. The highest BCUT2D eigenvalue weighted by Gasteiger charge is 2.26. The predicted octanol–water partition coefficient (Wildman–Crippen LogP) is 6.41. The summed E-state index contributed by atoms with van der Waals surface area (Å²) in [6.45, 7) is 5.24. The molecule has 2 aromatic carbocycles. The minimum atomic E-state index is -1.01. The minimum absolute atomic E-state index is 0.0701. The summed E-state index contributed by atoms with van der Waals surface area (Å²) in [5, 5.41) is 0.544. The highest BCUT2D eigenvalue weighted by molar-refractivity contribution is 6.00. The molecule has 0 aliphatic rings. The smallest absolute Gasteiger partial charge is 0.449 e. The predicted molar refractivity (Wildman–Crippen MR) is 134 cm³/mol. The van der Waals surface area contributed by atoms with Crippen molar-refractivity contribution < 1.29 is 38.1 Å². The SMILES string of the molecule is CCOC(=O)OC(=C\c1c(OC(=O)OCC)n(C(=O)OCC)c2ccccc12)/C=C/c1ccccc1. The summed E-state index contributed by atoms with van der Waals surface area (Å²) in [4.78, 5) is 37.3. The number of carbonyl (C=O) groups is 3. The molecule has 0 saturated carbocycles. The maximum Gasteiger partial charge on any atom is 0.515 e. The van der Waals surface area contributed by atoms with Gasteiger partial charge in [0, 0.05) is 10.9 Å². The van der Waals surface area contributed by atoms with Crippen LogP contribution in [0.25, 0.3) is 23.1 Å². The van der Waals surface area contributed by atoms with Crippen molar-refractivity contribution >= 4 is 41.5 Å². The van der Waals surface area contributed by atoms with E-state index in [1.54, 1.807) is 57.2 Å². The molecule has 0 bridgehead atoms. The van der Waals surface area contributed by atoms with Crippen LogP contribution in [0.3, 0.4) is 0 Å². The Morgan fingerprint density at radius 2 is 1.44 bits per heavy atom. The van der Waals surface area contributed by atoms with Crippen molar-refractivity contribution in [2.24, 2.45) is 0 Å². The zero-order valence-corrected chi connectivity index (χ0v) is 20.3. The van der Waals surface area contributed by atoms with Crippen LogP contribution in [0.5, 0.6) is 5.88 Å². The molecule has 0 spiro atoms. The third-order valence-electron chi connectivity index (χ3n) is 4.75. The maximum absolute atomic E-state index is 12.9. The summed E-state index contributed by atoms with van der Waals surface area (Å²) in [7, 11) is 0. The van der Waals surface area contributed by atoms with Crippen molar-refractivity contribution in [2.75, 3.05) is 19.8 Å². The fourth-order valence-electron chi connectivity index (χ4n) is 3.32. The third-order valence-corrected chi connectivity index (χ3v) is 4.75. The number of allylic oxidation sites excluding steroid dienone is 1. The second kappa shape index (κ2) is 12.8. The summed E-state index contributed by atoms with van der Waals surface area (Å²) < 4.78 is 27.0. The molecule has 0 saturated heterocycles. The van der Waals surface area contributed by atoms with Crippen LogP contribution in [0, 0.1) is 0 Å². The van der Waals surface area contributed by atoms with E-state index in [1.807, 2.05) is 30.3 Å². The molecule has 1 aromatic heterocycles. The van der Waals surface area contributed by atoms with Crippen LogP contribution in [0.4, 0.5) is 14.4 Å². The van der Waals surface area contributed by atoms with Crippen molar-refractivity contribution in [2.45, 2.75) is 20.8 Å². The molecule has 188 valence electrons. The molecule has 3 aromatic rings. The van der Waals surface area contributed by atoms with Gasteiger partial charge in [-0.1, -0.05) is 54.6 Å². The van der Waals surface area contributed by atoms with Gasteiger partial charge < -0.3 is 23.7 Å². The molecule has 0 aliphatic carbocycles. The number of rotatable bonds is 8. The van der Waals surface area contributed by atoms with E-state index >= 15 is 0 Å². The van der Waals surface area contributed by atoms with E-state index in [-0.39, 0.29) is 31.5 Å². The minimum Gasteiger partial charge on any atom is -0.449 e. The fraction of sp³-hybridized carbons (Fsp3) is 0.222. The third kappa shape index (κ3) is 6.53. The molecule has 0 N–H and O–H groups in total. The first-order valence-corrected chi connectivity index (χ1v) is 11.4. The van der Waals surface area contributed by atoms with Crippen molar-refractivity contribution in [3.8, 4) is 5.88 Å². The summed E-state index contributed by atoms with van der Waals surface area (Å²) in [6, 6.07) is 16.3.